The molecule has 0 bridgehead atoms. The molecule has 0 heterocycles. The summed E-state index contributed by atoms with van der Waals surface area (Å²) in [5.41, 5.74) is 4.45. The molecule has 0 spiro atoms. The Balaban J connectivity index is 2.15. The maximum atomic E-state index is 13.6. The van der Waals surface area contributed by atoms with Crippen molar-refractivity contribution in [3.63, 3.8) is 0 Å². The lowest BCUT2D eigenvalue weighted by Crippen LogP contribution is -1.97. The first-order valence-corrected chi connectivity index (χ1v) is 7.15. The number of carboxylic acids is 1. The third-order valence-electron chi connectivity index (χ3n) is 3.96. The summed E-state index contributed by atoms with van der Waals surface area (Å²) in [5, 5.41) is 9.10. The Kier molecular flexibility index (Phi) is 3.82. The summed E-state index contributed by atoms with van der Waals surface area (Å²) in [6.45, 7) is 1.82. The molecule has 0 amide bonds. The van der Waals surface area contributed by atoms with Crippen molar-refractivity contribution in [2.24, 2.45) is 0 Å². The van der Waals surface area contributed by atoms with Crippen molar-refractivity contribution in [2.45, 2.75) is 13.3 Å². The van der Waals surface area contributed by atoms with Crippen LogP contribution in [0.1, 0.15) is 30.0 Å². The van der Waals surface area contributed by atoms with Gasteiger partial charge >= 0.3 is 5.97 Å². The number of fused-ring (bicyclic) bond motifs is 1. The van der Waals surface area contributed by atoms with Gasteiger partial charge in [0.05, 0.1) is 6.42 Å². The SMILES string of the molecule is CC1=C(CC(=O)O)c2cc(F)ccc2/C1=C\c1ccc(F)cc1. The van der Waals surface area contributed by atoms with E-state index in [1.54, 1.807) is 18.2 Å². The number of carbonyl (C=O) groups is 1. The lowest BCUT2D eigenvalue weighted by molar-refractivity contribution is -0.135. The maximum absolute atomic E-state index is 13.6. The largest absolute Gasteiger partial charge is 0.481 e. The fourth-order valence-electron chi connectivity index (χ4n) is 2.86. The molecule has 116 valence electrons. The molecule has 2 aromatic rings. The zero-order valence-corrected chi connectivity index (χ0v) is 12.4. The number of allylic oxidation sites excluding steroid dienone is 2. The van der Waals surface area contributed by atoms with Crippen molar-refractivity contribution in [2.75, 3.05) is 0 Å². The third kappa shape index (κ3) is 2.93. The Labute approximate surface area is 132 Å². The van der Waals surface area contributed by atoms with Gasteiger partial charge in [-0.15, -0.1) is 0 Å². The van der Waals surface area contributed by atoms with Crippen LogP contribution in [-0.4, -0.2) is 11.1 Å². The number of halogens is 2. The van der Waals surface area contributed by atoms with E-state index in [9.17, 15) is 13.6 Å². The van der Waals surface area contributed by atoms with Gasteiger partial charge in [0.1, 0.15) is 11.6 Å². The van der Waals surface area contributed by atoms with Gasteiger partial charge in [0.25, 0.3) is 0 Å². The number of benzene rings is 2. The molecule has 3 rings (SSSR count). The van der Waals surface area contributed by atoms with Crippen LogP contribution in [0.15, 0.2) is 48.0 Å². The Hall–Kier alpha value is -2.75. The van der Waals surface area contributed by atoms with E-state index in [1.165, 1.54) is 24.3 Å². The molecule has 0 aromatic heterocycles. The number of carboxylic acid groups (broad SMARTS) is 1. The molecule has 0 saturated carbocycles. The summed E-state index contributed by atoms with van der Waals surface area (Å²) in [6, 6.07) is 10.4. The van der Waals surface area contributed by atoms with Crippen LogP contribution in [0, 0.1) is 11.6 Å². The van der Waals surface area contributed by atoms with Crippen molar-refractivity contribution >= 4 is 23.2 Å². The molecule has 0 atom stereocenters. The van der Waals surface area contributed by atoms with Crippen LogP contribution in [0.3, 0.4) is 0 Å². The molecule has 0 radical (unpaired) electrons. The lowest BCUT2D eigenvalue weighted by atomic mass is 10.0. The van der Waals surface area contributed by atoms with Gasteiger partial charge in [-0.25, -0.2) is 8.78 Å². The fourth-order valence-corrected chi connectivity index (χ4v) is 2.86. The fraction of sp³-hybridized carbons (Fsp3) is 0.105. The number of hydrogen-bond acceptors (Lipinski definition) is 1. The summed E-state index contributed by atoms with van der Waals surface area (Å²) in [4.78, 5) is 11.1. The van der Waals surface area contributed by atoms with Crippen LogP contribution in [0.5, 0.6) is 0 Å². The molecule has 1 aliphatic carbocycles. The van der Waals surface area contributed by atoms with Crippen molar-refractivity contribution < 1.29 is 18.7 Å². The van der Waals surface area contributed by atoms with Gasteiger partial charge in [0.15, 0.2) is 0 Å². The molecule has 2 nitrogen and oxygen atoms in total. The number of aliphatic carboxylic acids is 1. The van der Waals surface area contributed by atoms with Crippen LogP contribution in [0.4, 0.5) is 8.78 Å². The van der Waals surface area contributed by atoms with E-state index in [4.69, 9.17) is 5.11 Å². The van der Waals surface area contributed by atoms with Crippen LogP contribution in [0.2, 0.25) is 0 Å². The minimum Gasteiger partial charge on any atom is -0.481 e. The van der Waals surface area contributed by atoms with Crippen LogP contribution in [0.25, 0.3) is 17.2 Å². The maximum Gasteiger partial charge on any atom is 0.307 e. The first kappa shape index (κ1) is 15.2. The standard InChI is InChI=1S/C19H14F2O2/c1-11-16(8-12-2-4-13(20)5-3-12)15-7-6-14(21)9-18(15)17(11)10-19(22)23/h2-9H,10H2,1H3,(H,22,23)/b16-8-. The molecule has 0 aliphatic heterocycles. The first-order chi connectivity index (χ1) is 11.0. The highest BCUT2D eigenvalue weighted by Crippen LogP contribution is 2.43. The minimum absolute atomic E-state index is 0.164. The van der Waals surface area contributed by atoms with Gasteiger partial charge in [-0.05, 0) is 70.7 Å². The van der Waals surface area contributed by atoms with Gasteiger partial charge in [0.2, 0.25) is 0 Å². The van der Waals surface area contributed by atoms with E-state index in [2.05, 4.69) is 0 Å². The average Bonchev–Trinajstić information content (AvgIpc) is 2.74. The van der Waals surface area contributed by atoms with Crippen molar-refractivity contribution in [1.82, 2.24) is 0 Å². The molecule has 0 unspecified atom stereocenters. The minimum atomic E-state index is -0.961. The highest BCUT2D eigenvalue weighted by atomic mass is 19.1. The van der Waals surface area contributed by atoms with E-state index < -0.39 is 11.8 Å². The lowest BCUT2D eigenvalue weighted by Gasteiger charge is -2.04. The average molecular weight is 312 g/mol. The molecular formula is C19H14F2O2. The van der Waals surface area contributed by atoms with Crippen molar-refractivity contribution in [1.29, 1.82) is 0 Å². The third-order valence-corrected chi connectivity index (χ3v) is 3.96. The summed E-state index contributed by atoms with van der Waals surface area (Å²) < 4.78 is 26.6. The highest BCUT2D eigenvalue weighted by molar-refractivity contribution is 6.07. The topological polar surface area (TPSA) is 37.3 Å². The van der Waals surface area contributed by atoms with Crippen LogP contribution < -0.4 is 0 Å². The van der Waals surface area contributed by atoms with Gasteiger partial charge < -0.3 is 5.11 Å². The number of hydrogen-bond donors (Lipinski definition) is 1. The van der Waals surface area contributed by atoms with Gasteiger partial charge in [0, 0.05) is 0 Å². The summed E-state index contributed by atoms with van der Waals surface area (Å²) >= 11 is 0. The summed E-state index contributed by atoms with van der Waals surface area (Å²) in [5.74, 6) is -1.68. The van der Waals surface area contributed by atoms with E-state index >= 15 is 0 Å². The second kappa shape index (κ2) is 5.80. The van der Waals surface area contributed by atoms with E-state index in [-0.39, 0.29) is 12.2 Å². The van der Waals surface area contributed by atoms with E-state index in [0.717, 1.165) is 22.3 Å². The van der Waals surface area contributed by atoms with E-state index in [1.807, 2.05) is 13.0 Å². The smallest absolute Gasteiger partial charge is 0.307 e. The second-order valence-corrected chi connectivity index (χ2v) is 5.47. The molecular weight excluding hydrogens is 298 g/mol. The van der Waals surface area contributed by atoms with E-state index in [0.29, 0.717) is 11.1 Å². The Bertz CT molecular complexity index is 846. The van der Waals surface area contributed by atoms with Crippen LogP contribution >= 0.6 is 0 Å². The molecule has 0 saturated heterocycles. The Morgan fingerprint density at radius 3 is 2.35 bits per heavy atom. The molecule has 23 heavy (non-hydrogen) atoms. The van der Waals surface area contributed by atoms with Gasteiger partial charge in [-0.2, -0.15) is 0 Å². The van der Waals surface area contributed by atoms with Crippen LogP contribution in [-0.2, 0) is 4.79 Å². The molecule has 4 heteroatoms. The first-order valence-electron chi connectivity index (χ1n) is 7.15. The Morgan fingerprint density at radius 2 is 1.70 bits per heavy atom. The zero-order chi connectivity index (χ0) is 16.6. The monoisotopic (exact) mass is 312 g/mol. The van der Waals surface area contributed by atoms with Gasteiger partial charge in [-0.1, -0.05) is 18.2 Å². The highest BCUT2D eigenvalue weighted by Gasteiger charge is 2.25. The molecule has 1 N–H and O–H groups in total. The normalized spacial score (nSPS) is 15.2. The predicted octanol–water partition coefficient (Wildman–Crippen LogP) is 4.77. The Morgan fingerprint density at radius 1 is 1.04 bits per heavy atom. The number of rotatable bonds is 3. The molecule has 2 aromatic carbocycles. The molecule has 1 aliphatic rings. The summed E-state index contributed by atoms with van der Waals surface area (Å²) in [6.07, 6.45) is 1.70. The van der Waals surface area contributed by atoms with Gasteiger partial charge in [-0.3, -0.25) is 4.79 Å². The second-order valence-electron chi connectivity index (χ2n) is 5.47. The summed E-state index contributed by atoms with van der Waals surface area (Å²) in [7, 11) is 0. The van der Waals surface area contributed by atoms with Crippen molar-refractivity contribution in [3.8, 4) is 0 Å². The predicted molar refractivity (Wildman–Crippen MR) is 85.5 cm³/mol. The molecule has 0 fully saturated rings. The zero-order valence-electron chi connectivity index (χ0n) is 12.4. The quantitative estimate of drug-likeness (QED) is 0.886. The van der Waals surface area contributed by atoms with Crippen molar-refractivity contribution in [3.05, 3.63) is 76.4 Å².